The fourth-order valence-corrected chi connectivity index (χ4v) is 4.99. The van der Waals surface area contributed by atoms with Crippen LogP contribution in [0.25, 0.3) is 0 Å². The average Bonchev–Trinajstić information content (AvgIpc) is 2.85. The summed E-state index contributed by atoms with van der Waals surface area (Å²) in [7, 11) is -3.70. The highest BCUT2D eigenvalue weighted by atomic mass is 32.2. The zero-order chi connectivity index (χ0) is 15.7. The van der Waals surface area contributed by atoms with E-state index in [0.29, 0.717) is 30.2 Å². The zero-order valence-electron chi connectivity index (χ0n) is 12.0. The normalized spacial score (nSPS) is 14.4. The number of hydrogen-bond donors (Lipinski definition) is 1. The number of ketones is 1. The highest BCUT2D eigenvalue weighted by Crippen LogP contribution is 2.37. The molecular weight excluding hydrogens is 322 g/mol. The van der Waals surface area contributed by atoms with Gasteiger partial charge in [0.05, 0.1) is 23.7 Å². The largest absolute Gasteiger partial charge is 0.376 e. The summed E-state index contributed by atoms with van der Waals surface area (Å²) in [5.74, 6) is -0.159. The minimum atomic E-state index is -3.70. The average molecular weight is 337 g/mol. The number of anilines is 1. The quantitative estimate of drug-likeness (QED) is 0.871. The topological polar surface area (TPSA) is 72.5 Å². The van der Waals surface area contributed by atoms with Crippen LogP contribution in [0.5, 0.6) is 0 Å². The second-order valence-corrected chi connectivity index (χ2v) is 7.77. The van der Waals surface area contributed by atoms with Crippen LogP contribution in [-0.4, -0.2) is 20.8 Å². The van der Waals surface area contributed by atoms with Crippen LogP contribution in [0.15, 0.2) is 35.2 Å². The summed E-state index contributed by atoms with van der Waals surface area (Å²) in [5.41, 5.74) is 1.24. The van der Waals surface area contributed by atoms with E-state index < -0.39 is 10.0 Å². The van der Waals surface area contributed by atoms with E-state index in [4.69, 9.17) is 4.74 Å². The number of carbonyl (C=O) groups is 1. The molecule has 1 N–H and O–H groups in total. The van der Waals surface area contributed by atoms with Gasteiger partial charge in [0, 0.05) is 16.9 Å². The van der Waals surface area contributed by atoms with Crippen molar-refractivity contribution in [2.24, 2.45) is 0 Å². The number of hydrogen-bond acceptors (Lipinski definition) is 5. The molecule has 22 heavy (non-hydrogen) atoms. The highest BCUT2D eigenvalue weighted by Gasteiger charge is 2.26. The third-order valence-electron chi connectivity index (χ3n) is 3.44. The number of ether oxygens (including phenoxy) is 1. The number of fused-ring (bicyclic) bond motifs is 1. The molecule has 1 aromatic carbocycles. The van der Waals surface area contributed by atoms with Gasteiger partial charge in [0.25, 0.3) is 10.0 Å². The Morgan fingerprint density at radius 2 is 2.00 bits per heavy atom. The number of rotatable bonds is 4. The van der Waals surface area contributed by atoms with Crippen molar-refractivity contribution in [2.45, 2.75) is 24.8 Å². The number of thiophene rings is 1. The molecule has 116 valence electrons. The lowest BCUT2D eigenvalue weighted by Crippen LogP contribution is -2.14. The van der Waals surface area contributed by atoms with Gasteiger partial charge in [-0.05, 0) is 19.1 Å². The minimum Gasteiger partial charge on any atom is -0.376 e. The van der Waals surface area contributed by atoms with Gasteiger partial charge in [-0.25, -0.2) is 8.42 Å². The molecule has 2 aromatic rings. The molecule has 0 amide bonds. The number of nitrogens with one attached hydrogen (secondary N) is 1. The number of carbonyl (C=O) groups excluding carboxylic acids is 1. The van der Waals surface area contributed by atoms with Crippen LogP contribution in [0, 0.1) is 0 Å². The van der Waals surface area contributed by atoms with Crippen LogP contribution in [-0.2, 0) is 27.8 Å². The summed E-state index contributed by atoms with van der Waals surface area (Å²) in [5, 5.41) is 0.381. The maximum atomic E-state index is 12.4. The maximum absolute atomic E-state index is 12.4. The van der Waals surface area contributed by atoms with Gasteiger partial charge in [0.2, 0.25) is 0 Å². The Kier molecular flexibility index (Phi) is 4.03. The van der Waals surface area contributed by atoms with Crippen LogP contribution in [0.3, 0.4) is 0 Å². The Morgan fingerprint density at radius 1 is 1.27 bits per heavy atom. The van der Waals surface area contributed by atoms with Gasteiger partial charge < -0.3 is 4.74 Å². The number of sulfonamides is 1. The second-order valence-electron chi connectivity index (χ2n) is 4.99. The molecular formula is C15H15NO4S2. The van der Waals surface area contributed by atoms with Crippen LogP contribution in [0.4, 0.5) is 5.00 Å². The first-order valence-electron chi connectivity index (χ1n) is 6.80. The monoisotopic (exact) mass is 337 g/mol. The first-order chi connectivity index (χ1) is 10.5. The Hall–Kier alpha value is -1.70. The van der Waals surface area contributed by atoms with Crippen LogP contribution in [0.1, 0.15) is 27.7 Å². The van der Waals surface area contributed by atoms with E-state index in [2.05, 4.69) is 4.72 Å². The maximum Gasteiger partial charge on any atom is 0.262 e. The van der Waals surface area contributed by atoms with Crippen LogP contribution < -0.4 is 4.72 Å². The summed E-state index contributed by atoms with van der Waals surface area (Å²) in [6, 6.07) is 8.11. The molecule has 1 aliphatic heterocycles. The van der Waals surface area contributed by atoms with E-state index in [0.717, 1.165) is 10.4 Å². The molecule has 0 atom stereocenters. The summed E-state index contributed by atoms with van der Waals surface area (Å²) >= 11 is 1.32. The van der Waals surface area contributed by atoms with E-state index in [1.807, 2.05) is 0 Å². The molecule has 0 saturated carbocycles. The molecule has 0 aliphatic carbocycles. The molecule has 3 rings (SSSR count). The van der Waals surface area contributed by atoms with E-state index in [1.54, 1.807) is 18.2 Å². The summed E-state index contributed by atoms with van der Waals surface area (Å²) in [6.45, 7) is 2.39. The van der Waals surface area contributed by atoms with Gasteiger partial charge in [0.1, 0.15) is 5.00 Å². The Labute approximate surface area is 133 Å². The third kappa shape index (κ3) is 2.79. The van der Waals surface area contributed by atoms with Gasteiger partial charge in [-0.1, -0.05) is 18.2 Å². The van der Waals surface area contributed by atoms with Crippen LogP contribution in [0.2, 0.25) is 0 Å². The number of benzene rings is 1. The van der Waals surface area contributed by atoms with Crippen molar-refractivity contribution in [3.63, 3.8) is 0 Å². The standard InChI is InChI=1S/C15H15NO4S2/c1-10(17)14-12-9-20-8-7-13(12)21-15(14)16-22(18,19)11-5-3-2-4-6-11/h2-6,16H,7-9H2,1H3. The van der Waals surface area contributed by atoms with Crippen molar-refractivity contribution in [1.29, 1.82) is 0 Å². The van der Waals surface area contributed by atoms with Crippen LogP contribution >= 0.6 is 11.3 Å². The van der Waals surface area contributed by atoms with E-state index >= 15 is 0 Å². The first-order valence-corrected chi connectivity index (χ1v) is 9.10. The first kappa shape index (κ1) is 15.2. The molecule has 5 nitrogen and oxygen atoms in total. The molecule has 0 spiro atoms. The van der Waals surface area contributed by atoms with Gasteiger partial charge in [-0.15, -0.1) is 11.3 Å². The van der Waals surface area contributed by atoms with Gasteiger partial charge in [-0.2, -0.15) is 0 Å². The van der Waals surface area contributed by atoms with Crippen molar-refractivity contribution < 1.29 is 17.9 Å². The highest BCUT2D eigenvalue weighted by molar-refractivity contribution is 7.93. The lowest BCUT2D eigenvalue weighted by atomic mass is 10.1. The zero-order valence-corrected chi connectivity index (χ0v) is 13.6. The number of Topliss-reactive ketones (excluding diaryl/α,β-unsaturated/α-hetero) is 1. The van der Waals surface area contributed by atoms with Crippen molar-refractivity contribution in [2.75, 3.05) is 11.3 Å². The Bertz CT molecular complexity index is 810. The van der Waals surface area contributed by atoms with E-state index in [9.17, 15) is 13.2 Å². The smallest absolute Gasteiger partial charge is 0.262 e. The molecule has 2 heterocycles. The van der Waals surface area contributed by atoms with Crippen molar-refractivity contribution in [3.8, 4) is 0 Å². The Balaban J connectivity index is 2.02. The summed E-state index contributed by atoms with van der Waals surface area (Å²) in [4.78, 5) is 13.1. The SMILES string of the molecule is CC(=O)c1c(NS(=O)(=O)c2ccccc2)sc2c1COCC2. The lowest BCUT2D eigenvalue weighted by molar-refractivity contribution is 0.0984. The minimum absolute atomic E-state index is 0.159. The van der Waals surface area contributed by atoms with Crippen molar-refractivity contribution in [3.05, 3.63) is 46.3 Å². The van der Waals surface area contributed by atoms with E-state index in [1.165, 1.54) is 30.4 Å². The van der Waals surface area contributed by atoms with E-state index in [-0.39, 0.29) is 10.7 Å². The molecule has 7 heteroatoms. The van der Waals surface area contributed by atoms with Gasteiger partial charge in [0.15, 0.2) is 5.78 Å². The van der Waals surface area contributed by atoms with Crippen molar-refractivity contribution >= 4 is 32.1 Å². The molecule has 1 aliphatic rings. The van der Waals surface area contributed by atoms with Gasteiger partial charge >= 0.3 is 0 Å². The molecule has 0 radical (unpaired) electrons. The summed E-state index contributed by atoms with van der Waals surface area (Å²) < 4.78 is 32.8. The Morgan fingerprint density at radius 3 is 2.68 bits per heavy atom. The van der Waals surface area contributed by atoms with Crippen molar-refractivity contribution in [1.82, 2.24) is 0 Å². The fraction of sp³-hybridized carbons (Fsp3) is 0.267. The predicted octanol–water partition coefficient (Wildman–Crippen LogP) is 2.82. The lowest BCUT2D eigenvalue weighted by Gasteiger charge is -2.12. The summed E-state index contributed by atoms with van der Waals surface area (Å²) in [6.07, 6.45) is 0.702. The molecule has 0 fully saturated rings. The molecule has 0 bridgehead atoms. The predicted molar refractivity (Wildman–Crippen MR) is 84.9 cm³/mol. The fourth-order valence-electron chi connectivity index (χ4n) is 2.43. The molecule has 1 aromatic heterocycles. The van der Waals surface area contributed by atoms with Gasteiger partial charge in [-0.3, -0.25) is 9.52 Å². The molecule has 0 saturated heterocycles. The molecule has 0 unspecified atom stereocenters. The second kappa shape index (κ2) is 5.83. The third-order valence-corrected chi connectivity index (χ3v) is 6.15.